The van der Waals surface area contributed by atoms with Crippen LogP contribution in [-0.2, 0) is 0 Å². The molecule has 1 fully saturated rings. The molecule has 5 rings (SSSR count). The molecule has 1 heterocycles. The Morgan fingerprint density at radius 2 is 1.54 bits per heavy atom. The van der Waals surface area contributed by atoms with Gasteiger partial charge in [0, 0.05) is 21.8 Å². The highest BCUT2D eigenvalue weighted by Gasteiger charge is 2.35. The number of rotatable bonds is 2. The number of nitrogens with zero attached hydrogens (tertiary/aromatic N) is 1. The average Bonchev–Trinajstić information content (AvgIpc) is 2.93. The summed E-state index contributed by atoms with van der Waals surface area (Å²) in [6.07, 6.45) is 5.89. The van der Waals surface area contributed by atoms with Crippen LogP contribution in [0.5, 0.6) is 0 Å². The van der Waals surface area contributed by atoms with Crippen LogP contribution >= 0.6 is 11.8 Å². The first-order valence-corrected chi connectivity index (χ1v) is 10.9. The second-order valence-electron chi connectivity index (χ2n) is 7.49. The van der Waals surface area contributed by atoms with Crippen LogP contribution in [-0.4, -0.2) is 5.71 Å². The number of allylic oxidation sites excluding steroid dienone is 1. The van der Waals surface area contributed by atoms with E-state index in [4.69, 9.17) is 4.99 Å². The quantitative estimate of drug-likeness (QED) is 0.448. The van der Waals surface area contributed by atoms with Crippen LogP contribution in [0.2, 0.25) is 0 Å². The van der Waals surface area contributed by atoms with Crippen molar-refractivity contribution in [3.63, 3.8) is 0 Å². The van der Waals surface area contributed by atoms with Crippen molar-refractivity contribution in [2.24, 2.45) is 10.9 Å². The summed E-state index contributed by atoms with van der Waals surface area (Å²) in [5, 5.41) is 0.406. The third kappa shape index (κ3) is 3.45. The summed E-state index contributed by atoms with van der Waals surface area (Å²) in [7, 11) is 0. The predicted molar refractivity (Wildman–Crippen MR) is 120 cm³/mol. The Balaban J connectivity index is 1.64. The van der Waals surface area contributed by atoms with Crippen molar-refractivity contribution >= 4 is 29.2 Å². The summed E-state index contributed by atoms with van der Waals surface area (Å²) in [6, 6.07) is 30.3. The molecule has 1 aliphatic heterocycles. The number of fused-ring (bicyclic) bond motifs is 2. The van der Waals surface area contributed by atoms with E-state index in [1.165, 1.54) is 40.1 Å². The van der Waals surface area contributed by atoms with Crippen LogP contribution in [0.3, 0.4) is 0 Å². The summed E-state index contributed by atoms with van der Waals surface area (Å²) in [5.41, 5.74) is 6.49. The van der Waals surface area contributed by atoms with Gasteiger partial charge in [0.15, 0.2) is 0 Å². The van der Waals surface area contributed by atoms with Crippen molar-refractivity contribution in [2.75, 3.05) is 0 Å². The lowest BCUT2D eigenvalue weighted by Crippen LogP contribution is -2.25. The van der Waals surface area contributed by atoms with Crippen LogP contribution in [0.25, 0.3) is 6.08 Å². The smallest absolute Gasteiger partial charge is 0.0769 e. The van der Waals surface area contributed by atoms with Gasteiger partial charge in [0.25, 0.3) is 0 Å². The SMILES string of the molecule is C(=C1CCC[C@@H]2C1=Nc1ccccc1S[C@@H]2c1ccccc1)c1ccccc1. The molecular formula is C26H23NS. The number of aliphatic imine (C=N–C) groups is 1. The average molecular weight is 382 g/mol. The second kappa shape index (κ2) is 7.81. The van der Waals surface area contributed by atoms with Crippen molar-refractivity contribution in [2.45, 2.75) is 29.4 Å². The zero-order valence-electron chi connectivity index (χ0n) is 15.8. The van der Waals surface area contributed by atoms with Crippen molar-refractivity contribution in [3.05, 3.63) is 102 Å². The minimum absolute atomic E-state index is 0.406. The normalized spacial score (nSPS) is 22.7. The van der Waals surface area contributed by atoms with Gasteiger partial charge in [-0.25, -0.2) is 0 Å². The van der Waals surface area contributed by atoms with E-state index in [-0.39, 0.29) is 0 Å². The Labute approximate surface area is 171 Å². The number of hydrogen-bond donors (Lipinski definition) is 0. The van der Waals surface area contributed by atoms with Gasteiger partial charge in [-0.3, -0.25) is 4.99 Å². The Morgan fingerprint density at radius 1 is 0.821 bits per heavy atom. The molecular weight excluding hydrogens is 358 g/mol. The first-order chi connectivity index (χ1) is 13.9. The molecule has 0 spiro atoms. The molecule has 1 aliphatic carbocycles. The van der Waals surface area contributed by atoms with Gasteiger partial charge in [0.05, 0.1) is 5.69 Å². The topological polar surface area (TPSA) is 12.4 Å². The predicted octanol–water partition coefficient (Wildman–Crippen LogP) is 7.49. The van der Waals surface area contributed by atoms with Crippen LogP contribution < -0.4 is 0 Å². The van der Waals surface area contributed by atoms with Crippen molar-refractivity contribution in [1.82, 2.24) is 0 Å². The van der Waals surface area contributed by atoms with Gasteiger partial charge < -0.3 is 0 Å². The van der Waals surface area contributed by atoms with Gasteiger partial charge in [-0.05, 0) is 54.2 Å². The van der Waals surface area contributed by atoms with Gasteiger partial charge in [-0.15, -0.1) is 11.8 Å². The molecule has 0 amide bonds. The Morgan fingerprint density at radius 3 is 2.36 bits per heavy atom. The van der Waals surface area contributed by atoms with E-state index in [0.717, 1.165) is 12.1 Å². The Kier molecular flexibility index (Phi) is 4.88. The fourth-order valence-electron chi connectivity index (χ4n) is 4.30. The van der Waals surface area contributed by atoms with Gasteiger partial charge >= 0.3 is 0 Å². The Bertz CT molecular complexity index is 1020. The van der Waals surface area contributed by atoms with Crippen LogP contribution in [0.15, 0.2) is 100 Å². The third-order valence-electron chi connectivity index (χ3n) is 5.64. The highest BCUT2D eigenvalue weighted by atomic mass is 32.2. The summed E-state index contributed by atoms with van der Waals surface area (Å²) in [4.78, 5) is 6.53. The van der Waals surface area contributed by atoms with Crippen molar-refractivity contribution in [1.29, 1.82) is 0 Å². The molecule has 2 heteroatoms. The second-order valence-corrected chi connectivity index (χ2v) is 8.68. The fraction of sp³-hybridized carbons (Fsp3) is 0.192. The molecule has 1 saturated carbocycles. The van der Waals surface area contributed by atoms with E-state index in [1.54, 1.807) is 0 Å². The molecule has 28 heavy (non-hydrogen) atoms. The van der Waals surface area contributed by atoms with E-state index < -0.39 is 0 Å². The van der Waals surface area contributed by atoms with Gasteiger partial charge in [0.2, 0.25) is 0 Å². The largest absolute Gasteiger partial charge is 0.252 e. The molecule has 0 unspecified atom stereocenters. The van der Waals surface area contributed by atoms with E-state index in [2.05, 4.69) is 91.0 Å². The number of thioether (sulfide) groups is 1. The molecule has 0 bridgehead atoms. The van der Waals surface area contributed by atoms with E-state index in [1.807, 2.05) is 11.8 Å². The van der Waals surface area contributed by atoms with Crippen LogP contribution in [0, 0.1) is 5.92 Å². The minimum atomic E-state index is 0.406. The van der Waals surface area contributed by atoms with E-state index in [9.17, 15) is 0 Å². The maximum atomic E-state index is 5.24. The first-order valence-electron chi connectivity index (χ1n) is 10.0. The van der Waals surface area contributed by atoms with Crippen LogP contribution in [0.1, 0.15) is 35.6 Å². The van der Waals surface area contributed by atoms with E-state index >= 15 is 0 Å². The molecule has 3 aromatic carbocycles. The lowest BCUT2D eigenvalue weighted by atomic mass is 9.79. The zero-order valence-corrected chi connectivity index (χ0v) is 16.6. The maximum absolute atomic E-state index is 5.24. The minimum Gasteiger partial charge on any atom is -0.252 e. The zero-order chi connectivity index (χ0) is 18.8. The molecule has 0 radical (unpaired) electrons. The molecule has 2 aliphatic rings. The standard InChI is InChI=1S/C26H23NS/c1-3-10-19(11-4-1)18-21-14-9-15-22-25(21)27-23-16-7-8-17-24(23)28-26(22)20-12-5-2-6-13-20/h1-8,10-13,16-18,22,26H,9,14-15H2/t22-,26-/m1/s1. The summed E-state index contributed by atoms with van der Waals surface area (Å²) in [5.74, 6) is 0.448. The lowest BCUT2D eigenvalue weighted by molar-refractivity contribution is 0.555. The van der Waals surface area contributed by atoms with Gasteiger partial charge in [-0.1, -0.05) is 72.8 Å². The van der Waals surface area contributed by atoms with Crippen LogP contribution in [0.4, 0.5) is 5.69 Å². The highest BCUT2D eigenvalue weighted by Crippen LogP contribution is 2.51. The number of hydrogen-bond acceptors (Lipinski definition) is 2. The van der Waals surface area contributed by atoms with E-state index in [0.29, 0.717) is 11.2 Å². The first kappa shape index (κ1) is 17.5. The molecule has 138 valence electrons. The Hall–Kier alpha value is -2.58. The fourth-order valence-corrected chi connectivity index (χ4v) is 5.69. The summed E-state index contributed by atoms with van der Waals surface area (Å²) >= 11 is 1.98. The van der Waals surface area contributed by atoms with Crippen molar-refractivity contribution < 1.29 is 0 Å². The molecule has 2 atom stereocenters. The molecule has 0 aromatic heterocycles. The lowest BCUT2D eigenvalue weighted by Gasteiger charge is -2.31. The van der Waals surface area contributed by atoms with Gasteiger partial charge in [0.1, 0.15) is 0 Å². The molecule has 0 N–H and O–H groups in total. The third-order valence-corrected chi connectivity index (χ3v) is 7.09. The summed E-state index contributed by atoms with van der Waals surface area (Å²) in [6.45, 7) is 0. The molecule has 1 nitrogen and oxygen atoms in total. The number of benzene rings is 3. The maximum Gasteiger partial charge on any atom is 0.0769 e. The molecule has 3 aromatic rings. The van der Waals surface area contributed by atoms with Gasteiger partial charge in [-0.2, -0.15) is 0 Å². The van der Waals surface area contributed by atoms with Crippen molar-refractivity contribution in [3.8, 4) is 0 Å². The summed E-state index contributed by atoms with van der Waals surface area (Å²) < 4.78 is 0. The number of para-hydroxylation sites is 1. The molecule has 0 saturated heterocycles. The monoisotopic (exact) mass is 381 g/mol. The highest BCUT2D eigenvalue weighted by molar-refractivity contribution is 7.99.